The molecule has 0 saturated heterocycles. The summed E-state index contributed by atoms with van der Waals surface area (Å²) in [5, 5.41) is 14.1. The van der Waals surface area contributed by atoms with Crippen LogP contribution in [-0.4, -0.2) is 21.9 Å². The average Bonchev–Trinajstić information content (AvgIpc) is 2.60. The van der Waals surface area contributed by atoms with Gasteiger partial charge < -0.3 is 9.67 Å². The van der Waals surface area contributed by atoms with Crippen molar-refractivity contribution in [1.29, 1.82) is 0 Å². The summed E-state index contributed by atoms with van der Waals surface area (Å²) in [6.07, 6.45) is 1.48. The molecule has 1 unspecified atom stereocenters. The fraction of sp³-hybridized carbons (Fsp3) is 0.385. The van der Waals surface area contributed by atoms with E-state index in [1.807, 2.05) is 26.1 Å². The third kappa shape index (κ3) is 3.09. The molecule has 1 heterocycles. The maximum absolute atomic E-state index is 9.88. The van der Waals surface area contributed by atoms with Gasteiger partial charge in [0.2, 0.25) is 0 Å². The maximum atomic E-state index is 9.88. The van der Waals surface area contributed by atoms with Crippen molar-refractivity contribution in [2.75, 3.05) is 0 Å². The van der Waals surface area contributed by atoms with Crippen molar-refractivity contribution in [2.24, 2.45) is 0 Å². The molecule has 0 aliphatic carbocycles. The number of aromatic nitrogens is 1. The van der Waals surface area contributed by atoms with Crippen LogP contribution < -0.4 is 5.32 Å². The summed E-state index contributed by atoms with van der Waals surface area (Å²) < 4.78 is 3.11. The molecule has 1 atom stereocenters. The molecule has 3 nitrogen and oxygen atoms in total. The molecule has 0 saturated carbocycles. The fourth-order valence-electron chi connectivity index (χ4n) is 1.94. The minimum atomic E-state index is -0.524. The van der Waals surface area contributed by atoms with E-state index in [0.29, 0.717) is 6.54 Å². The highest BCUT2D eigenvalue weighted by Gasteiger charge is 2.08. The van der Waals surface area contributed by atoms with Crippen molar-refractivity contribution < 1.29 is 5.11 Å². The lowest BCUT2D eigenvalue weighted by atomic mass is 10.2. The van der Waals surface area contributed by atoms with Crippen LogP contribution in [0.2, 0.25) is 0 Å². The van der Waals surface area contributed by atoms with Gasteiger partial charge in [-0.1, -0.05) is 22.0 Å². The SMILES string of the molecule is CC(C)NC(O)Cn1ccc2ccc(Br)cc21. The van der Waals surface area contributed by atoms with E-state index < -0.39 is 6.23 Å². The Labute approximate surface area is 110 Å². The zero-order valence-corrected chi connectivity index (χ0v) is 11.6. The second-order valence-corrected chi connectivity index (χ2v) is 5.42. The van der Waals surface area contributed by atoms with Crippen LogP contribution in [0.1, 0.15) is 13.8 Å². The molecule has 2 rings (SSSR count). The largest absolute Gasteiger partial charge is 0.377 e. The summed E-state index contributed by atoms with van der Waals surface area (Å²) in [6.45, 7) is 4.60. The molecule has 2 N–H and O–H groups in total. The zero-order valence-electron chi connectivity index (χ0n) is 10.0. The monoisotopic (exact) mass is 296 g/mol. The highest BCUT2D eigenvalue weighted by molar-refractivity contribution is 9.10. The van der Waals surface area contributed by atoms with Crippen molar-refractivity contribution in [3.05, 3.63) is 34.9 Å². The molecule has 0 spiro atoms. The van der Waals surface area contributed by atoms with Crippen LogP contribution in [0.4, 0.5) is 0 Å². The van der Waals surface area contributed by atoms with Crippen LogP contribution in [-0.2, 0) is 6.54 Å². The summed E-state index contributed by atoms with van der Waals surface area (Å²) in [5.41, 5.74) is 1.13. The van der Waals surface area contributed by atoms with Gasteiger partial charge in [0.15, 0.2) is 0 Å². The fourth-order valence-corrected chi connectivity index (χ4v) is 2.29. The molecule has 0 amide bonds. The first kappa shape index (κ1) is 12.6. The van der Waals surface area contributed by atoms with Gasteiger partial charge in [-0.05, 0) is 37.4 Å². The number of benzene rings is 1. The summed E-state index contributed by atoms with van der Waals surface area (Å²) in [5.74, 6) is 0. The van der Waals surface area contributed by atoms with Gasteiger partial charge >= 0.3 is 0 Å². The van der Waals surface area contributed by atoms with E-state index in [1.165, 1.54) is 5.39 Å². The van der Waals surface area contributed by atoms with Crippen molar-refractivity contribution in [3.8, 4) is 0 Å². The molecular weight excluding hydrogens is 280 g/mol. The standard InChI is InChI=1S/C13H17BrN2O/c1-9(2)15-13(17)8-16-6-5-10-3-4-11(14)7-12(10)16/h3-7,9,13,15,17H,8H2,1-2H3. The van der Waals surface area contributed by atoms with Crippen molar-refractivity contribution in [1.82, 2.24) is 9.88 Å². The van der Waals surface area contributed by atoms with Crippen LogP contribution in [0.15, 0.2) is 34.9 Å². The zero-order chi connectivity index (χ0) is 12.4. The molecule has 0 radical (unpaired) electrons. The molecule has 0 aliphatic heterocycles. The second kappa shape index (κ2) is 5.21. The predicted octanol–water partition coefficient (Wildman–Crippen LogP) is 2.72. The van der Waals surface area contributed by atoms with Gasteiger partial charge in [0.25, 0.3) is 0 Å². The van der Waals surface area contributed by atoms with E-state index in [0.717, 1.165) is 9.99 Å². The third-order valence-corrected chi connectivity index (χ3v) is 3.12. The van der Waals surface area contributed by atoms with E-state index in [4.69, 9.17) is 0 Å². The molecule has 2 aromatic rings. The number of halogens is 1. The Morgan fingerprint density at radius 3 is 2.82 bits per heavy atom. The molecule has 1 aromatic heterocycles. The van der Waals surface area contributed by atoms with Crippen molar-refractivity contribution >= 4 is 26.8 Å². The van der Waals surface area contributed by atoms with Gasteiger partial charge in [-0.2, -0.15) is 0 Å². The van der Waals surface area contributed by atoms with Crippen molar-refractivity contribution in [2.45, 2.75) is 32.7 Å². The first-order valence-corrected chi connectivity index (χ1v) is 6.54. The third-order valence-electron chi connectivity index (χ3n) is 2.63. The number of rotatable bonds is 4. The Bertz CT molecular complexity index is 507. The Balaban J connectivity index is 2.21. The van der Waals surface area contributed by atoms with Crippen LogP contribution >= 0.6 is 15.9 Å². The molecule has 0 fully saturated rings. The quantitative estimate of drug-likeness (QED) is 0.852. The summed E-state index contributed by atoms with van der Waals surface area (Å²) in [4.78, 5) is 0. The van der Waals surface area contributed by atoms with E-state index in [9.17, 15) is 5.11 Å². The lowest BCUT2D eigenvalue weighted by Gasteiger charge is -2.17. The normalized spacial score (nSPS) is 13.5. The van der Waals surface area contributed by atoms with Gasteiger partial charge in [0.1, 0.15) is 6.23 Å². The topological polar surface area (TPSA) is 37.2 Å². The molecule has 17 heavy (non-hydrogen) atoms. The van der Waals surface area contributed by atoms with Gasteiger partial charge in [-0.3, -0.25) is 5.32 Å². The average molecular weight is 297 g/mol. The number of hydrogen-bond donors (Lipinski definition) is 2. The van der Waals surface area contributed by atoms with E-state index in [-0.39, 0.29) is 6.04 Å². The summed E-state index contributed by atoms with van der Waals surface area (Å²) in [7, 11) is 0. The number of nitrogens with one attached hydrogen (secondary N) is 1. The van der Waals surface area contributed by atoms with E-state index in [1.54, 1.807) is 0 Å². The van der Waals surface area contributed by atoms with Crippen LogP contribution in [0.25, 0.3) is 10.9 Å². The van der Waals surface area contributed by atoms with E-state index in [2.05, 4.69) is 44.0 Å². The van der Waals surface area contributed by atoms with Crippen LogP contribution in [0.3, 0.4) is 0 Å². The molecular formula is C13H17BrN2O. The minimum absolute atomic E-state index is 0.276. The predicted molar refractivity (Wildman–Crippen MR) is 73.9 cm³/mol. The van der Waals surface area contributed by atoms with Crippen LogP contribution in [0.5, 0.6) is 0 Å². The Kier molecular flexibility index (Phi) is 3.86. The highest BCUT2D eigenvalue weighted by atomic mass is 79.9. The maximum Gasteiger partial charge on any atom is 0.123 e. The second-order valence-electron chi connectivity index (χ2n) is 4.51. The Hall–Kier alpha value is -0.840. The molecule has 4 heteroatoms. The molecule has 0 aliphatic rings. The van der Waals surface area contributed by atoms with Gasteiger partial charge in [0, 0.05) is 22.2 Å². The number of fused-ring (bicyclic) bond motifs is 1. The number of aliphatic hydroxyl groups excluding tert-OH is 1. The highest BCUT2D eigenvalue weighted by Crippen LogP contribution is 2.21. The van der Waals surface area contributed by atoms with Gasteiger partial charge in [0.05, 0.1) is 6.54 Å². The lowest BCUT2D eigenvalue weighted by molar-refractivity contribution is 0.110. The molecule has 0 bridgehead atoms. The van der Waals surface area contributed by atoms with Crippen molar-refractivity contribution in [3.63, 3.8) is 0 Å². The molecule has 92 valence electrons. The Morgan fingerprint density at radius 2 is 2.12 bits per heavy atom. The minimum Gasteiger partial charge on any atom is -0.377 e. The number of hydrogen-bond acceptors (Lipinski definition) is 2. The number of nitrogens with zero attached hydrogens (tertiary/aromatic N) is 1. The first-order valence-electron chi connectivity index (χ1n) is 5.75. The van der Waals surface area contributed by atoms with E-state index >= 15 is 0 Å². The number of aliphatic hydroxyl groups is 1. The van der Waals surface area contributed by atoms with Gasteiger partial charge in [-0.15, -0.1) is 0 Å². The summed E-state index contributed by atoms with van der Waals surface area (Å²) in [6, 6.07) is 8.49. The first-order chi connectivity index (χ1) is 8.06. The van der Waals surface area contributed by atoms with Gasteiger partial charge in [-0.25, -0.2) is 0 Å². The summed E-state index contributed by atoms with van der Waals surface area (Å²) >= 11 is 3.47. The van der Waals surface area contributed by atoms with Crippen LogP contribution in [0, 0.1) is 0 Å². The molecule has 1 aromatic carbocycles. The smallest absolute Gasteiger partial charge is 0.123 e. The lowest BCUT2D eigenvalue weighted by Crippen LogP contribution is -2.37. The Morgan fingerprint density at radius 1 is 1.35 bits per heavy atom.